The molecule has 0 aliphatic carbocycles. The lowest BCUT2D eigenvalue weighted by Gasteiger charge is -2.25. The fourth-order valence-corrected chi connectivity index (χ4v) is 3.15. The molecule has 0 radical (unpaired) electrons. The molecule has 2 aromatic rings. The van der Waals surface area contributed by atoms with Crippen molar-refractivity contribution in [1.82, 2.24) is 34.9 Å². The number of fused-ring (bicyclic) bond motifs is 1. The predicted octanol–water partition coefficient (Wildman–Crippen LogP) is 0.586. The average molecular weight is 345 g/mol. The quantitative estimate of drug-likeness (QED) is 0.623. The molecule has 0 bridgehead atoms. The third kappa shape index (κ3) is 3.59. The van der Waals surface area contributed by atoms with Crippen molar-refractivity contribution >= 4 is 11.9 Å². The van der Waals surface area contributed by atoms with Crippen LogP contribution >= 0.6 is 0 Å². The van der Waals surface area contributed by atoms with Crippen molar-refractivity contribution in [2.24, 2.45) is 12.0 Å². The van der Waals surface area contributed by atoms with Gasteiger partial charge in [0.25, 0.3) is 0 Å². The van der Waals surface area contributed by atoms with E-state index in [4.69, 9.17) is 0 Å². The minimum absolute atomic E-state index is 0.130. The molecule has 1 aliphatic rings. The first-order valence-corrected chi connectivity index (χ1v) is 8.56. The number of aliphatic imine (C=N–C) groups is 1. The van der Waals surface area contributed by atoms with E-state index in [2.05, 4.69) is 35.3 Å². The zero-order valence-corrected chi connectivity index (χ0v) is 15.6. The Balaban J connectivity index is 1.65. The van der Waals surface area contributed by atoms with Gasteiger partial charge in [0.2, 0.25) is 5.95 Å². The van der Waals surface area contributed by atoms with Gasteiger partial charge in [-0.3, -0.25) is 4.99 Å². The van der Waals surface area contributed by atoms with Crippen LogP contribution in [0, 0.1) is 6.92 Å². The number of guanidine groups is 1. The Hall–Kier alpha value is -2.58. The molecule has 1 aliphatic heterocycles. The van der Waals surface area contributed by atoms with E-state index in [1.165, 1.54) is 0 Å². The Bertz CT molecular complexity index is 756. The maximum absolute atomic E-state index is 4.56. The fourth-order valence-electron chi connectivity index (χ4n) is 3.15. The predicted molar refractivity (Wildman–Crippen MR) is 97.6 cm³/mol. The van der Waals surface area contributed by atoms with Crippen LogP contribution in [0.2, 0.25) is 0 Å². The van der Waals surface area contributed by atoms with Crippen LogP contribution < -0.4 is 15.5 Å². The van der Waals surface area contributed by atoms with Crippen molar-refractivity contribution in [1.29, 1.82) is 0 Å². The van der Waals surface area contributed by atoms with Gasteiger partial charge < -0.3 is 20.1 Å². The second-order valence-corrected chi connectivity index (χ2v) is 6.51. The first-order valence-electron chi connectivity index (χ1n) is 8.56. The smallest absolute Gasteiger partial charge is 0.204 e. The molecule has 136 valence electrons. The van der Waals surface area contributed by atoms with E-state index in [1.807, 2.05) is 43.8 Å². The molecule has 2 aromatic heterocycles. The summed E-state index contributed by atoms with van der Waals surface area (Å²) in [6.07, 6.45) is 3.99. The van der Waals surface area contributed by atoms with E-state index in [1.54, 1.807) is 7.05 Å². The number of aryl methyl sites for hydroxylation is 2. The topological polar surface area (TPSA) is 88.2 Å². The van der Waals surface area contributed by atoms with Crippen molar-refractivity contribution < 1.29 is 0 Å². The summed E-state index contributed by atoms with van der Waals surface area (Å²) in [6.45, 7) is 3.51. The number of nitrogens with one attached hydrogen (secondary N) is 2. The van der Waals surface area contributed by atoms with Gasteiger partial charge in [0.1, 0.15) is 11.6 Å². The van der Waals surface area contributed by atoms with Crippen molar-refractivity contribution in [2.75, 3.05) is 26.0 Å². The van der Waals surface area contributed by atoms with Crippen LogP contribution in [0.3, 0.4) is 0 Å². The van der Waals surface area contributed by atoms with Crippen LogP contribution in [0.25, 0.3) is 0 Å². The number of nitrogens with zero attached hydrogens (tertiary/aromatic N) is 7. The van der Waals surface area contributed by atoms with Gasteiger partial charge in [-0.05, 0) is 19.8 Å². The molecule has 0 amide bonds. The third-order valence-electron chi connectivity index (χ3n) is 4.41. The highest BCUT2D eigenvalue weighted by molar-refractivity contribution is 5.80. The lowest BCUT2D eigenvalue weighted by molar-refractivity contribution is 0.397. The molecule has 2 N–H and O–H groups in total. The molecule has 1 atom stereocenters. The first-order chi connectivity index (χ1) is 12.0. The zero-order chi connectivity index (χ0) is 18.0. The van der Waals surface area contributed by atoms with Crippen molar-refractivity contribution in [3.63, 3.8) is 0 Å². The summed E-state index contributed by atoms with van der Waals surface area (Å²) < 4.78 is 4.06. The number of hydrogen-bond acceptors (Lipinski definition) is 5. The van der Waals surface area contributed by atoms with Gasteiger partial charge >= 0.3 is 0 Å². The Morgan fingerprint density at radius 1 is 1.44 bits per heavy atom. The van der Waals surface area contributed by atoms with Crippen LogP contribution in [0.5, 0.6) is 0 Å². The van der Waals surface area contributed by atoms with Crippen LogP contribution in [0.15, 0.2) is 11.2 Å². The Morgan fingerprint density at radius 2 is 2.24 bits per heavy atom. The van der Waals surface area contributed by atoms with Crippen LogP contribution in [0.4, 0.5) is 5.95 Å². The molecule has 1 unspecified atom stereocenters. The summed E-state index contributed by atoms with van der Waals surface area (Å²) in [5.41, 5.74) is 1.09. The minimum Gasteiger partial charge on any atom is -0.351 e. The fraction of sp³-hybridized carbons (Fsp3) is 0.625. The summed E-state index contributed by atoms with van der Waals surface area (Å²) in [4.78, 5) is 15.3. The highest BCUT2D eigenvalue weighted by Crippen LogP contribution is 2.22. The molecule has 3 heterocycles. The number of aromatic nitrogens is 5. The molecule has 25 heavy (non-hydrogen) atoms. The Morgan fingerprint density at radius 3 is 2.92 bits per heavy atom. The first kappa shape index (κ1) is 17.2. The average Bonchev–Trinajstić information content (AvgIpc) is 3.13. The Labute approximate surface area is 148 Å². The monoisotopic (exact) mass is 345 g/mol. The van der Waals surface area contributed by atoms with E-state index in [-0.39, 0.29) is 6.04 Å². The normalized spacial score (nSPS) is 17.3. The molecule has 9 nitrogen and oxygen atoms in total. The maximum atomic E-state index is 4.56. The number of anilines is 1. The third-order valence-corrected chi connectivity index (χ3v) is 4.41. The molecule has 0 spiro atoms. The van der Waals surface area contributed by atoms with E-state index >= 15 is 0 Å². The zero-order valence-electron chi connectivity index (χ0n) is 15.6. The van der Waals surface area contributed by atoms with E-state index < -0.39 is 0 Å². The Kier molecular flexibility index (Phi) is 4.91. The summed E-state index contributed by atoms with van der Waals surface area (Å²) >= 11 is 0. The lowest BCUT2D eigenvalue weighted by atomic mass is 10.1. The van der Waals surface area contributed by atoms with E-state index in [9.17, 15) is 0 Å². The number of rotatable bonds is 4. The van der Waals surface area contributed by atoms with Crippen molar-refractivity contribution in [3.8, 4) is 0 Å². The molecule has 0 saturated heterocycles. The standard InChI is InChI=1S/C16H27N9/c1-11-20-14-13(7-6-8-25(14)22-11)21-15(17-2)18-9-12-10-19-16(23(3)4)24(12)5/h10,13H,6-9H2,1-5H3,(H2,17,18,21). The maximum Gasteiger partial charge on any atom is 0.204 e. The summed E-state index contributed by atoms with van der Waals surface area (Å²) in [7, 11) is 7.77. The molecular formula is C16H27N9. The number of imidazole rings is 1. The summed E-state index contributed by atoms with van der Waals surface area (Å²) in [5.74, 6) is 3.49. The van der Waals surface area contributed by atoms with E-state index in [0.717, 1.165) is 48.6 Å². The molecule has 9 heteroatoms. The van der Waals surface area contributed by atoms with Gasteiger partial charge in [-0.2, -0.15) is 5.10 Å². The van der Waals surface area contributed by atoms with Gasteiger partial charge in [0.05, 0.1) is 24.5 Å². The SMILES string of the molecule is CN=C(NCc1cnc(N(C)C)n1C)NC1CCCn2nc(C)nc21. The molecule has 0 fully saturated rings. The second kappa shape index (κ2) is 7.12. The molecule has 0 aromatic carbocycles. The lowest BCUT2D eigenvalue weighted by Crippen LogP contribution is -2.41. The largest absolute Gasteiger partial charge is 0.351 e. The minimum atomic E-state index is 0.130. The van der Waals surface area contributed by atoms with E-state index in [0.29, 0.717) is 6.54 Å². The van der Waals surface area contributed by atoms with Crippen LogP contribution in [0.1, 0.15) is 36.2 Å². The molecule has 3 rings (SSSR count). The van der Waals surface area contributed by atoms with Gasteiger partial charge in [-0.15, -0.1) is 0 Å². The van der Waals surface area contributed by atoms with Gasteiger partial charge in [0.15, 0.2) is 5.96 Å². The van der Waals surface area contributed by atoms with Crippen LogP contribution in [-0.2, 0) is 20.1 Å². The van der Waals surface area contributed by atoms with Crippen LogP contribution in [-0.4, -0.2) is 51.4 Å². The van der Waals surface area contributed by atoms with Crippen molar-refractivity contribution in [2.45, 2.75) is 38.9 Å². The van der Waals surface area contributed by atoms with Gasteiger partial charge in [0, 0.05) is 34.7 Å². The van der Waals surface area contributed by atoms with Gasteiger partial charge in [-0.25, -0.2) is 14.6 Å². The molecule has 0 saturated carbocycles. The summed E-state index contributed by atoms with van der Waals surface area (Å²) in [5, 5.41) is 11.3. The second-order valence-electron chi connectivity index (χ2n) is 6.51. The summed E-state index contributed by atoms with van der Waals surface area (Å²) in [6, 6.07) is 0.130. The highest BCUT2D eigenvalue weighted by atomic mass is 15.4. The molecular weight excluding hydrogens is 318 g/mol. The highest BCUT2D eigenvalue weighted by Gasteiger charge is 2.24. The van der Waals surface area contributed by atoms with Crippen molar-refractivity contribution in [3.05, 3.63) is 23.5 Å². The number of hydrogen-bond donors (Lipinski definition) is 2. The van der Waals surface area contributed by atoms with Gasteiger partial charge in [-0.1, -0.05) is 0 Å².